The number of hydrogen-bond acceptors (Lipinski definition) is 10. The largest absolute Gasteiger partial charge is 0.497 e. The summed E-state index contributed by atoms with van der Waals surface area (Å²) >= 11 is 0. The van der Waals surface area contributed by atoms with Gasteiger partial charge in [-0.2, -0.15) is 28.5 Å². The lowest BCUT2D eigenvalue weighted by Crippen LogP contribution is -2.24. The van der Waals surface area contributed by atoms with Gasteiger partial charge in [0, 0.05) is 30.5 Å². The summed E-state index contributed by atoms with van der Waals surface area (Å²) in [6, 6.07) is 21.4. The number of carbonyl (C=O) groups is 1. The molecule has 16 heteroatoms. The quantitative estimate of drug-likeness (QED) is 0.156. The van der Waals surface area contributed by atoms with Gasteiger partial charge in [0.1, 0.15) is 17.8 Å². The van der Waals surface area contributed by atoms with E-state index in [1.807, 2.05) is 55.5 Å². The number of ether oxygens (including phenoxy) is 2. The highest BCUT2D eigenvalue weighted by Gasteiger charge is 2.32. The van der Waals surface area contributed by atoms with Gasteiger partial charge in [-0.15, -0.1) is 5.10 Å². The normalized spacial score (nSPS) is 11.4. The molecule has 7 rings (SSSR count). The number of rotatable bonds is 11. The van der Waals surface area contributed by atoms with Gasteiger partial charge in [0.2, 0.25) is 0 Å². The Morgan fingerprint density at radius 2 is 1.53 bits per heavy atom. The number of imidazole rings is 1. The van der Waals surface area contributed by atoms with Crippen LogP contribution in [0.3, 0.4) is 0 Å². The standard InChI is InChI=1S/C37H31F3N10O3/c1-23-4-9-28(46-36(51)31-14-27(17-43-47-31)37(38,39)40)15-32(23)49-21-26(16-44-49)33-18-41-35-34(42-22-45-50(33)35)48(19-24-5-10-29(52-2)11-6-24)20-25-7-12-30(53-3)13-8-25/h4-18,21-22H,19-20H2,1-3H3,(H,46,51). The molecule has 1 N–H and O–H groups in total. The summed E-state index contributed by atoms with van der Waals surface area (Å²) in [6.45, 7) is 2.92. The molecule has 4 aromatic heterocycles. The average Bonchev–Trinajstić information content (AvgIpc) is 3.83. The second-order valence-corrected chi connectivity index (χ2v) is 12.0. The second-order valence-electron chi connectivity index (χ2n) is 12.0. The molecule has 3 aromatic carbocycles. The number of aryl methyl sites for hydroxylation is 1. The fourth-order valence-electron chi connectivity index (χ4n) is 5.68. The number of methoxy groups -OCH3 is 2. The molecule has 0 bridgehead atoms. The van der Waals surface area contributed by atoms with Gasteiger partial charge in [-0.1, -0.05) is 30.3 Å². The van der Waals surface area contributed by atoms with Crippen molar-refractivity contribution >= 4 is 23.1 Å². The van der Waals surface area contributed by atoms with E-state index in [-0.39, 0.29) is 0 Å². The third-order valence-electron chi connectivity index (χ3n) is 8.46. The van der Waals surface area contributed by atoms with Gasteiger partial charge in [0.15, 0.2) is 17.2 Å². The molecule has 0 fully saturated rings. The Morgan fingerprint density at radius 1 is 0.849 bits per heavy atom. The Morgan fingerprint density at radius 3 is 2.17 bits per heavy atom. The number of carbonyl (C=O) groups excluding carboxylic acids is 1. The van der Waals surface area contributed by atoms with Gasteiger partial charge in [-0.25, -0.2) is 19.2 Å². The molecule has 0 aliphatic carbocycles. The summed E-state index contributed by atoms with van der Waals surface area (Å²) in [5, 5.41) is 18.6. The third-order valence-corrected chi connectivity index (χ3v) is 8.46. The van der Waals surface area contributed by atoms with Crippen molar-refractivity contribution in [2.75, 3.05) is 24.4 Å². The molecule has 53 heavy (non-hydrogen) atoms. The van der Waals surface area contributed by atoms with Crippen LogP contribution >= 0.6 is 0 Å². The molecule has 0 saturated carbocycles. The molecular formula is C37H31F3N10O3. The molecule has 1 amide bonds. The smallest absolute Gasteiger partial charge is 0.418 e. The minimum absolute atomic E-state index is 0.327. The van der Waals surface area contributed by atoms with E-state index in [4.69, 9.17) is 14.5 Å². The van der Waals surface area contributed by atoms with Crippen molar-refractivity contribution in [2.24, 2.45) is 0 Å². The molecule has 0 spiro atoms. The van der Waals surface area contributed by atoms with E-state index < -0.39 is 23.3 Å². The minimum Gasteiger partial charge on any atom is -0.497 e. The Labute approximate surface area is 300 Å². The van der Waals surface area contributed by atoms with Crippen LogP contribution in [0.1, 0.15) is 32.7 Å². The summed E-state index contributed by atoms with van der Waals surface area (Å²) in [5.74, 6) is 1.30. The Kier molecular flexibility index (Phi) is 9.41. The summed E-state index contributed by atoms with van der Waals surface area (Å²) in [6.07, 6.45) is 2.55. The zero-order chi connectivity index (χ0) is 37.1. The van der Waals surface area contributed by atoms with Gasteiger partial charge in [0.25, 0.3) is 5.91 Å². The Hall–Kier alpha value is -6.84. The fourth-order valence-corrected chi connectivity index (χ4v) is 5.68. The van der Waals surface area contributed by atoms with Gasteiger partial charge in [-0.05, 0) is 66.1 Å². The van der Waals surface area contributed by atoms with Crippen molar-refractivity contribution in [3.8, 4) is 28.4 Å². The van der Waals surface area contributed by atoms with Gasteiger partial charge < -0.3 is 19.7 Å². The highest BCUT2D eigenvalue weighted by Crippen LogP contribution is 2.30. The lowest BCUT2D eigenvalue weighted by molar-refractivity contribution is -0.137. The predicted octanol–water partition coefficient (Wildman–Crippen LogP) is 6.57. The van der Waals surface area contributed by atoms with Gasteiger partial charge in [0.05, 0.1) is 49.8 Å². The highest BCUT2D eigenvalue weighted by atomic mass is 19.4. The number of benzene rings is 3. The third kappa shape index (κ3) is 7.46. The van der Waals surface area contributed by atoms with Crippen molar-refractivity contribution in [2.45, 2.75) is 26.2 Å². The first kappa shape index (κ1) is 34.6. The number of nitrogens with one attached hydrogen (secondary N) is 1. The van der Waals surface area contributed by atoms with E-state index in [0.717, 1.165) is 28.2 Å². The van der Waals surface area contributed by atoms with Crippen molar-refractivity contribution in [1.82, 2.24) is 39.6 Å². The van der Waals surface area contributed by atoms with Crippen molar-refractivity contribution in [1.29, 1.82) is 0 Å². The van der Waals surface area contributed by atoms with Crippen LogP contribution in [0.4, 0.5) is 24.7 Å². The fraction of sp³-hybridized carbons (Fsp3) is 0.162. The van der Waals surface area contributed by atoms with E-state index in [0.29, 0.717) is 59.4 Å². The maximum atomic E-state index is 13.2. The predicted molar refractivity (Wildman–Crippen MR) is 189 cm³/mol. The number of fused-ring (bicyclic) bond motifs is 1. The number of aromatic nitrogens is 8. The number of hydrogen-bond donors (Lipinski definition) is 1. The van der Waals surface area contributed by atoms with E-state index >= 15 is 0 Å². The number of amides is 1. The maximum Gasteiger partial charge on any atom is 0.418 e. The minimum atomic E-state index is -4.66. The number of halogens is 3. The Balaban J connectivity index is 1.17. The van der Waals surface area contributed by atoms with E-state index in [1.54, 1.807) is 60.2 Å². The van der Waals surface area contributed by atoms with Crippen LogP contribution in [0.5, 0.6) is 11.5 Å². The van der Waals surface area contributed by atoms with Crippen LogP contribution in [0.2, 0.25) is 0 Å². The molecule has 0 unspecified atom stereocenters. The second kappa shape index (κ2) is 14.4. The van der Waals surface area contributed by atoms with Crippen LogP contribution in [0.15, 0.2) is 104 Å². The highest BCUT2D eigenvalue weighted by molar-refractivity contribution is 6.03. The van der Waals surface area contributed by atoms with Crippen LogP contribution in [-0.2, 0) is 19.3 Å². The first-order valence-electron chi connectivity index (χ1n) is 16.2. The maximum absolute atomic E-state index is 13.2. The first-order valence-corrected chi connectivity index (χ1v) is 16.2. The molecule has 0 saturated heterocycles. The molecule has 268 valence electrons. The van der Waals surface area contributed by atoms with Gasteiger partial charge >= 0.3 is 6.18 Å². The molecule has 0 atom stereocenters. The summed E-state index contributed by atoms with van der Waals surface area (Å²) < 4.78 is 53.5. The lowest BCUT2D eigenvalue weighted by Gasteiger charge is -2.24. The van der Waals surface area contributed by atoms with Gasteiger partial charge in [-0.3, -0.25) is 4.79 Å². The number of nitrogens with zero attached hydrogens (tertiary/aromatic N) is 9. The van der Waals surface area contributed by atoms with Crippen molar-refractivity contribution in [3.05, 3.63) is 132 Å². The summed E-state index contributed by atoms with van der Waals surface area (Å²) in [4.78, 5) is 24.3. The summed E-state index contributed by atoms with van der Waals surface area (Å²) in [5.41, 5.74) is 4.22. The van der Waals surface area contributed by atoms with Crippen LogP contribution in [-0.4, -0.2) is 59.7 Å². The van der Waals surface area contributed by atoms with Crippen molar-refractivity contribution in [3.63, 3.8) is 0 Å². The zero-order valence-corrected chi connectivity index (χ0v) is 28.6. The topological polar surface area (TPSA) is 137 Å². The van der Waals surface area contributed by atoms with Crippen LogP contribution in [0, 0.1) is 6.92 Å². The zero-order valence-electron chi connectivity index (χ0n) is 28.6. The molecule has 7 aromatic rings. The van der Waals surface area contributed by atoms with E-state index in [2.05, 4.69) is 35.6 Å². The lowest BCUT2D eigenvalue weighted by atomic mass is 10.1. The van der Waals surface area contributed by atoms with Crippen LogP contribution in [0.25, 0.3) is 22.6 Å². The van der Waals surface area contributed by atoms with E-state index in [9.17, 15) is 18.0 Å². The van der Waals surface area contributed by atoms with Crippen molar-refractivity contribution < 1.29 is 27.4 Å². The molecule has 0 radical (unpaired) electrons. The Bertz CT molecular complexity index is 2340. The molecule has 0 aliphatic rings. The van der Waals surface area contributed by atoms with E-state index in [1.165, 1.54) is 6.33 Å². The molecule has 13 nitrogen and oxygen atoms in total. The molecular weight excluding hydrogens is 689 g/mol. The first-order chi connectivity index (χ1) is 25.6. The SMILES string of the molecule is COc1ccc(CN(Cc2ccc(OC)cc2)c2ncnn3c(-c4cnn(-c5cc(NC(=O)c6cc(C(F)(F)F)cnn6)ccc5C)c4)cnc23)cc1. The average molecular weight is 721 g/mol. The molecule has 0 aliphatic heterocycles. The molecule has 4 heterocycles. The monoisotopic (exact) mass is 720 g/mol. The number of anilines is 2. The van der Waals surface area contributed by atoms with Crippen LogP contribution < -0.4 is 19.7 Å². The summed E-state index contributed by atoms with van der Waals surface area (Å²) in [7, 11) is 3.26. The number of alkyl halides is 3.